The van der Waals surface area contributed by atoms with Crippen molar-refractivity contribution in [3.05, 3.63) is 27.5 Å². The Kier molecular flexibility index (Phi) is 3.39. The predicted molar refractivity (Wildman–Crippen MR) is 47.9 cm³/mol. The summed E-state index contributed by atoms with van der Waals surface area (Å²) in [4.78, 5) is 13.2. The molecule has 1 aromatic rings. The van der Waals surface area contributed by atoms with E-state index in [0.717, 1.165) is 6.07 Å². The zero-order valence-corrected chi connectivity index (χ0v) is 7.88. The van der Waals surface area contributed by atoms with Crippen LogP contribution in [0.25, 0.3) is 0 Å². The second-order valence-corrected chi connectivity index (χ2v) is 2.74. The van der Waals surface area contributed by atoms with E-state index in [0.29, 0.717) is 0 Å². The smallest absolute Gasteiger partial charge is 0.269 e. The average molecular weight is 214 g/mol. The van der Waals surface area contributed by atoms with Crippen molar-refractivity contribution >= 4 is 0 Å². The molecular weight excluding hydrogens is 206 g/mol. The fourth-order valence-corrected chi connectivity index (χ4v) is 1.23. The van der Waals surface area contributed by atoms with Crippen LogP contribution >= 0.6 is 0 Å². The summed E-state index contributed by atoms with van der Waals surface area (Å²) in [5.41, 5.74) is -1.01. The fraction of sp³-hybridized carbons (Fsp3) is 0.333. The zero-order valence-electron chi connectivity index (χ0n) is 7.88. The van der Waals surface area contributed by atoms with E-state index in [1.165, 1.54) is 7.11 Å². The van der Waals surface area contributed by atoms with Crippen LogP contribution in [0.5, 0.6) is 5.88 Å². The molecule has 0 amide bonds. The number of aromatic amines is 1. The third-order valence-electron chi connectivity index (χ3n) is 1.82. The maximum Gasteiger partial charge on any atom is 0.269 e. The highest BCUT2D eigenvalue weighted by molar-refractivity contribution is 5.37. The summed E-state index contributed by atoms with van der Waals surface area (Å²) in [6.07, 6.45) is -3.04. The molecule has 0 radical (unpaired) electrons. The summed E-state index contributed by atoms with van der Waals surface area (Å²) in [5, 5.41) is 8.43. The molecule has 0 atom stereocenters. The number of halogens is 2. The number of nitrogens with one attached hydrogen (secondary N) is 1. The zero-order chi connectivity index (χ0) is 11.4. The number of pyridine rings is 1. The molecule has 0 aliphatic carbocycles. The normalized spacial score (nSPS) is 10.1. The van der Waals surface area contributed by atoms with Crippen LogP contribution in [0, 0.1) is 11.3 Å². The quantitative estimate of drug-likeness (QED) is 0.826. The van der Waals surface area contributed by atoms with Gasteiger partial charge in [-0.1, -0.05) is 0 Å². The highest BCUT2D eigenvalue weighted by atomic mass is 19.3. The lowest BCUT2D eigenvalue weighted by atomic mass is 10.1. The SMILES string of the molecule is COc1[nH]c(=O)cc(CC#N)c1C(F)F. The minimum absolute atomic E-state index is 0.00639. The van der Waals surface area contributed by atoms with Crippen molar-refractivity contribution in [1.29, 1.82) is 5.26 Å². The summed E-state index contributed by atoms with van der Waals surface area (Å²) in [5.74, 6) is -0.289. The Labute approximate surface area is 84.1 Å². The molecule has 1 rings (SSSR count). The molecule has 0 bridgehead atoms. The lowest BCUT2D eigenvalue weighted by molar-refractivity contribution is 0.145. The van der Waals surface area contributed by atoms with Gasteiger partial charge in [0, 0.05) is 6.07 Å². The lowest BCUT2D eigenvalue weighted by Crippen LogP contribution is -2.12. The van der Waals surface area contributed by atoms with E-state index in [4.69, 9.17) is 5.26 Å². The molecule has 1 N–H and O–H groups in total. The minimum Gasteiger partial charge on any atom is -0.482 e. The molecule has 80 valence electrons. The van der Waals surface area contributed by atoms with Gasteiger partial charge in [0.1, 0.15) is 0 Å². The first kappa shape index (κ1) is 11.2. The Balaban J connectivity index is 3.41. The van der Waals surface area contributed by atoms with E-state index in [1.807, 2.05) is 0 Å². The first-order chi connectivity index (χ1) is 7.10. The number of nitriles is 1. The van der Waals surface area contributed by atoms with Crippen molar-refractivity contribution in [2.75, 3.05) is 7.11 Å². The molecule has 15 heavy (non-hydrogen) atoms. The van der Waals surface area contributed by atoms with Crippen LogP contribution < -0.4 is 10.3 Å². The van der Waals surface area contributed by atoms with Gasteiger partial charge in [-0.3, -0.25) is 9.78 Å². The van der Waals surface area contributed by atoms with Crippen LogP contribution in [0.2, 0.25) is 0 Å². The van der Waals surface area contributed by atoms with Gasteiger partial charge in [-0.15, -0.1) is 0 Å². The van der Waals surface area contributed by atoms with Crippen LogP contribution in [0.4, 0.5) is 8.78 Å². The number of aromatic nitrogens is 1. The monoisotopic (exact) mass is 214 g/mol. The van der Waals surface area contributed by atoms with Crippen molar-refractivity contribution in [1.82, 2.24) is 4.98 Å². The number of hydrogen-bond donors (Lipinski definition) is 1. The van der Waals surface area contributed by atoms with Crippen LogP contribution in [0.1, 0.15) is 17.6 Å². The van der Waals surface area contributed by atoms with Crippen molar-refractivity contribution in [2.45, 2.75) is 12.8 Å². The Morgan fingerprint density at radius 1 is 1.67 bits per heavy atom. The molecule has 0 spiro atoms. The van der Waals surface area contributed by atoms with Crippen LogP contribution in [0.15, 0.2) is 10.9 Å². The second-order valence-electron chi connectivity index (χ2n) is 2.74. The largest absolute Gasteiger partial charge is 0.482 e. The number of hydrogen-bond acceptors (Lipinski definition) is 3. The summed E-state index contributed by atoms with van der Waals surface area (Å²) in [6.45, 7) is 0. The van der Waals surface area contributed by atoms with Gasteiger partial charge >= 0.3 is 0 Å². The van der Waals surface area contributed by atoms with E-state index >= 15 is 0 Å². The molecule has 0 fully saturated rings. The lowest BCUT2D eigenvalue weighted by Gasteiger charge is -2.10. The van der Waals surface area contributed by atoms with Gasteiger partial charge in [-0.05, 0) is 5.56 Å². The molecule has 0 saturated carbocycles. The number of alkyl halides is 2. The third kappa shape index (κ3) is 2.31. The molecule has 0 aromatic carbocycles. The van der Waals surface area contributed by atoms with Gasteiger partial charge in [-0.25, -0.2) is 8.78 Å². The molecule has 4 nitrogen and oxygen atoms in total. The van der Waals surface area contributed by atoms with Crippen LogP contribution in [0.3, 0.4) is 0 Å². The topological polar surface area (TPSA) is 65.9 Å². The summed E-state index contributed by atoms with van der Waals surface area (Å²) >= 11 is 0. The highest BCUT2D eigenvalue weighted by Crippen LogP contribution is 2.29. The van der Waals surface area contributed by atoms with Crippen molar-refractivity contribution in [2.24, 2.45) is 0 Å². The predicted octanol–water partition coefficient (Wildman–Crippen LogP) is 1.39. The van der Waals surface area contributed by atoms with Crippen molar-refractivity contribution in [3.63, 3.8) is 0 Å². The third-order valence-corrected chi connectivity index (χ3v) is 1.82. The molecule has 0 aliphatic rings. The van der Waals surface area contributed by atoms with Crippen molar-refractivity contribution in [3.8, 4) is 11.9 Å². The standard InChI is InChI=1S/C9H8F2N2O2/c1-15-9-7(8(10)11)5(2-3-12)4-6(14)13-9/h4,8H,2H2,1H3,(H,13,14). The van der Waals surface area contributed by atoms with E-state index in [9.17, 15) is 13.6 Å². The average Bonchev–Trinajstić information content (AvgIpc) is 2.16. The van der Waals surface area contributed by atoms with Gasteiger partial charge in [0.25, 0.3) is 12.0 Å². The Hall–Kier alpha value is -1.90. The second kappa shape index (κ2) is 4.55. The number of H-pyrrole nitrogens is 1. The number of methoxy groups -OCH3 is 1. The number of rotatable bonds is 3. The Morgan fingerprint density at radius 2 is 2.33 bits per heavy atom. The van der Waals surface area contributed by atoms with Crippen LogP contribution in [-0.4, -0.2) is 12.1 Å². The minimum atomic E-state index is -2.79. The molecule has 0 saturated heterocycles. The van der Waals surface area contributed by atoms with E-state index in [1.54, 1.807) is 6.07 Å². The highest BCUT2D eigenvalue weighted by Gasteiger charge is 2.20. The van der Waals surface area contributed by atoms with E-state index in [2.05, 4.69) is 9.72 Å². The Morgan fingerprint density at radius 3 is 2.80 bits per heavy atom. The van der Waals surface area contributed by atoms with Gasteiger partial charge in [0.15, 0.2) is 0 Å². The van der Waals surface area contributed by atoms with Crippen LogP contribution in [-0.2, 0) is 6.42 Å². The summed E-state index contributed by atoms with van der Waals surface area (Å²) in [6, 6.07) is 2.70. The molecule has 6 heteroatoms. The number of ether oxygens (including phenoxy) is 1. The molecule has 0 aliphatic heterocycles. The Bertz CT molecular complexity index is 448. The first-order valence-electron chi connectivity index (χ1n) is 4.05. The summed E-state index contributed by atoms with van der Waals surface area (Å²) < 4.78 is 29.9. The molecule has 1 heterocycles. The molecule has 0 unspecified atom stereocenters. The first-order valence-corrected chi connectivity index (χ1v) is 4.05. The van der Waals surface area contributed by atoms with Gasteiger partial charge < -0.3 is 4.74 Å². The molecular formula is C9H8F2N2O2. The van der Waals surface area contributed by atoms with E-state index in [-0.39, 0.29) is 17.9 Å². The fourth-order valence-electron chi connectivity index (χ4n) is 1.23. The maximum atomic E-state index is 12.6. The van der Waals surface area contributed by atoms with E-state index < -0.39 is 17.5 Å². The van der Waals surface area contributed by atoms with Gasteiger partial charge in [-0.2, -0.15) is 5.26 Å². The maximum absolute atomic E-state index is 12.6. The molecule has 1 aromatic heterocycles. The van der Waals surface area contributed by atoms with Gasteiger partial charge in [0.2, 0.25) is 5.88 Å². The van der Waals surface area contributed by atoms with Gasteiger partial charge in [0.05, 0.1) is 25.2 Å². The van der Waals surface area contributed by atoms with Crippen molar-refractivity contribution < 1.29 is 13.5 Å². The number of nitrogens with zero attached hydrogens (tertiary/aromatic N) is 1. The summed E-state index contributed by atoms with van der Waals surface area (Å²) in [7, 11) is 1.17.